The summed E-state index contributed by atoms with van der Waals surface area (Å²) in [6.07, 6.45) is 5.71. The van der Waals surface area contributed by atoms with Crippen molar-refractivity contribution in [1.29, 1.82) is 0 Å². The molecule has 0 atom stereocenters. The van der Waals surface area contributed by atoms with Crippen molar-refractivity contribution in [3.05, 3.63) is 249 Å². The maximum atomic E-state index is 7.01. The van der Waals surface area contributed by atoms with Gasteiger partial charge >= 0.3 is 0 Å². The minimum absolute atomic E-state index is 0.0481. The van der Waals surface area contributed by atoms with Gasteiger partial charge < -0.3 is 9.47 Å². The number of benzene rings is 9. The van der Waals surface area contributed by atoms with Crippen LogP contribution in [0.1, 0.15) is 26.3 Å². The lowest BCUT2D eigenvalue weighted by Gasteiger charge is -2.39. The van der Waals surface area contributed by atoms with Gasteiger partial charge in [0.05, 0.1) is 33.4 Å². The lowest BCUT2D eigenvalue weighted by Crippen LogP contribution is -2.76. The summed E-state index contributed by atoms with van der Waals surface area (Å²) in [5.74, 6) is 4.02. The van der Waals surface area contributed by atoms with E-state index in [-0.39, 0.29) is 5.41 Å². The minimum Gasteiger partial charge on any atom is -0.458 e. The third-order valence-electron chi connectivity index (χ3n) is 14.1. The van der Waals surface area contributed by atoms with Crippen LogP contribution < -0.4 is 34.8 Å². The molecule has 0 fully saturated rings. The number of aromatic nitrogens is 4. The van der Waals surface area contributed by atoms with E-state index in [9.17, 15) is 0 Å². The largest absolute Gasteiger partial charge is 0.458 e. The van der Waals surface area contributed by atoms with Crippen LogP contribution in [-0.2, 0) is 5.41 Å². The van der Waals surface area contributed by atoms with Gasteiger partial charge in [0.2, 0.25) is 0 Å². The third-order valence-corrected chi connectivity index (χ3v) is 18.9. The molecule has 0 saturated carbocycles. The fraction of sp³-hybridized carbons (Fsp3) is 0.0625. The van der Waals surface area contributed by atoms with Crippen molar-refractivity contribution in [2.75, 3.05) is 0 Å². The number of fused-ring (bicyclic) bond motifs is 6. The molecule has 0 N–H and O–H groups in total. The van der Waals surface area contributed by atoms with E-state index in [1.165, 1.54) is 37.4 Å². The maximum Gasteiger partial charge on any atom is 0.269 e. The number of para-hydroxylation sites is 2. The molecule has 7 heteroatoms. The van der Waals surface area contributed by atoms with E-state index in [1.807, 2.05) is 18.3 Å². The van der Waals surface area contributed by atoms with E-state index in [4.69, 9.17) is 14.5 Å². The number of rotatable bonds is 8. The first-order chi connectivity index (χ1) is 34.8. The number of pyridine rings is 1. The highest BCUT2D eigenvalue weighted by molar-refractivity contribution is 7.20. The number of imidazole rings is 1. The molecule has 0 unspecified atom stereocenters. The first-order valence-corrected chi connectivity index (χ1v) is 26.2. The van der Waals surface area contributed by atoms with E-state index < -0.39 is 8.07 Å². The highest BCUT2D eigenvalue weighted by Gasteiger charge is 2.48. The van der Waals surface area contributed by atoms with Gasteiger partial charge in [-0.05, 0) is 128 Å². The molecule has 1 aliphatic rings. The molecular formula is C64H48N4O2Si. The number of hydrogen-bond acceptors (Lipinski definition) is 3. The molecule has 0 saturated heterocycles. The van der Waals surface area contributed by atoms with E-state index in [2.05, 4.69) is 259 Å². The molecule has 0 amide bonds. The maximum absolute atomic E-state index is 7.01. The summed E-state index contributed by atoms with van der Waals surface area (Å²) in [7, 11) is -2.91. The Balaban J connectivity index is 0.961. The Morgan fingerprint density at radius 1 is 0.521 bits per heavy atom. The zero-order valence-electron chi connectivity index (χ0n) is 39.6. The molecule has 13 rings (SSSR count). The summed E-state index contributed by atoms with van der Waals surface area (Å²) < 4.78 is 20.5. The second kappa shape index (κ2) is 16.7. The van der Waals surface area contributed by atoms with Crippen LogP contribution in [0.5, 0.6) is 23.0 Å². The van der Waals surface area contributed by atoms with Crippen molar-refractivity contribution in [3.8, 4) is 51.3 Å². The average molecular weight is 933 g/mol. The van der Waals surface area contributed by atoms with Crippen LogP contribution in [0.4, 0.5) is 0 Å². The van der Waals surface area contributed by atoms with Crippen molar-refractivity contribution in [2.24, 2.45) is 0 Å². The molecule has 4 heterocycles. The van der Waals surface area contributed by atoms with Crippen molar-refractivity contribution in [2.45, 2.75) is 26.2 Å². The quantitative estimate of drug-likeness (QED) is 0.0866. The Bertz CT molecular complexity index is 3930. The van der Waals surface area contributed by atoms with Crippen LogP contribution in [0.25, 0.3) is 61.2 Å². The van der Waals surface area contributed by atoms with Gasteiger partial charge in [-0.15, -0.1) is 0 Å². The third kappa shape index (κ3) is 7.07. The average Bonchev–Trinajstić information content (AvgIpc) is 3.95. The highest BCUT2D eigenvalue weighted by atomic mass is 28.3. The predicted molar refractivity (Wildman–Crippen MR) is 290 cm³/mol. The zero-order valence-corrected chi connectivity index (χ0v) is 40.6. The minimum atomic E-state index is -2.91. The zero-order chi connectivity index (χ0) is 47.7. The molecule has 3 aromatic heterocycles. The molecule has 0 radical (unpaired) electrons. The number of ether oxygens (including phenoxy) is 2. The summed E-state index contributed by atoms with van der Waals surface area (Å²) in [5.41, 5.74) is 9.50. The van der Waals surface area contributed by atoms with Crippen LogP contribution in [0.2, 0.25) is 0 Å². The van der Waals surface area contributed by atoms with Gasteiger partial charge in [-0.3, -0.25) is 13.7 Å². The van der Waals surface area contributed by atoms with Gasteiger partial charge in [-0.25, -0.2) is 4.98 Å². The monoisotopic (exact) mass is 932 g/mol. The SMILES string of the molecule is CC(C)(C)c1ccnc(-n2c3ccc(-c4ccccc4)cc3c3ccc(Oc4cccc(-n5[c-][n+](-c6ccccc6)c6cc7c(cc65)Oc5ccccc5[Si]7(c5ccccc5)c5ccccc5)c4)cc32)c1. The summed E-state index contributed by atoms with van der Waals surface area (Å²) in [5, 5.41) is 7.30. The summed E-state index contributed by atoms with van der Waals surface area (Å²) in [6.45, 7) is 6.72. The summed E-state index contributed by atoms with van der Waals surface area (Å²) >= 11 is 0. The van der Waals surface area contributed by atoms with Gasteiger partial charge in [-0.2, -0.15) is 0 Å². The second-order valence-corrected chi connectivity index (χ2v) is 23.1. The Hall–Kier alpha value is -8.78. The van der Waals surface area contributed by atoms with Crippen molar-refractivity contribution < 1.29 is 14.0 Å². The van der Waals surface area contributed by atoms with Crippen LogP contribution in [0.15, 0.2) is 237 Å². The molecule has 340 valence electrons. The Kier molecular flexibility index (Phi) is 9.97. The van der Waals surface area contributed by atoms with Crippen LogP contribution in [-0.4, -0.2) is 22.2 Å². The van der Waals surface area contributed by atoms with E-state index in [1.54, 1.807) is 0 Å². The van der Waals surface area contributed by atoms with Gasteiger partial charge in [0.1, 0.15) is 28.8 Å². The number of hydrogen-bond donors (Lipinski definition) is 0. The molecule has 9 aromatic carbocycles. The normalized spacial score (nSPS) is 12.9. The molecule has 0 spiro atoms. The Morgan fingerprint density at radius 2 is 1.21 bits per heavy atom. The Labute approximate surface area is 413 Å². The van der Waals surface area contributed by atoms with Crippen molar-refractivity contribution >= 4 is 61.7 Å². The summed E-state index contributed by atoms with van der Waals surface area (Å²) in [4.78, 5) is 4.97. The fourth-order valence-electron chi connectivity index (χ4n) is 10.7. The van der Waals surface area contributed by atoms with Crippen LogP contribution >= 0.6 is 0 Å². The van der Waals surface area contributed by atoms with E-state index in [0.717, 1.165) is 67.3 Å². The van der Waals surface area contributed by atoms with E-state index >= 15 is 0 Å². The lowest BCUT2D eigenvalue weighted by atomic mass is 9.88. The molecule has 12 aromatic rings. The molecule has 0 aliphatic carbocycles. The summed E-state index contributed by atoms with van der Waals surface area (Å²) in [6, 6.07) is 82.0. The van der Waals surface area contributed by atoms with Gasteiger partial charge in [0.15, 0.2) is 8.07 Å². The molecule has 71 heavy (non-hydrogen) atoms. The van der Waals surface area contributed by atoms with Crippen LogP contribution in [0, 0.1) is 6.33 Å². The smallest absolute Gasteiger partial charge is 0.269 e. The molecule has 0 bridgehead atoms. The van der Waals surface area contributed by atoms with E-state index in [0.29, 0.717) is 5.75 Å². The van der Waals surface area contributed by atoms with Crippen molar-refractivity contribution in [3.63, 3.8) is 0 Å². The van der Waals surface area contributed by atoms with Crippen molar-refractivity contribution in [1.82, 2.24) is 14.1 Å². The number of nitrogens with zero attached hydrogens (tertiary/aromatic N) is 4. The molecule has 6 nitrogen and oxygen atoms in total. The Morgan fingerprint density at radius 3 is 1.96 bits per heavy atom. The first-order valence-electron chi connectivity index (χ1n) is 24.2. The lowest BCUT2D eigenvalue weighted by molar-refractivity contribution is -0.572. The van der Waals surface area contributed by atoms with Gasteiger partial charge in [-0.1, -0.05) is 160 Å². The predicted octanol–water partition coefficient (Wildman–Crippen LogP) is 12.4. The fourth-order valence-corrected chi connectivity index (χ4v) is 15.7. The van der Waals surface area contributed by atoms with Crippen LogP contribution in [0.3, 0.4) is 0 Å². The standard InChI is InChI=1S/C64H48N4O2Si/c1-64(2,3)46-35-36-65-63(38-46)68-55-34-31-45(44-19-8-4-9-20-44)37-54(55)53-33-32-50(40-56(53)68)69-49-24-18-23-48(39-49)67-43-66(47-21-10-5-11-22-47)58-42-62-60(41-57(58)67)70-59-29-16-17-30-61(59)71(62,51-25-12-6-13-26-51)52-27-14-7-15-28-52/h4-42H,1-3H3. The highest BCUT2D eigenvalue weighted by Crippen LogP contribution is 2.39. The first kappa shape index (κ1) is 42.3. The molecular weight excluding hydrogens is 885 g/mol. The topological polar surface area (TPSA) is 45.1 Å². The molecule has 1 aliphatic heterocycles. The van der Waals surface area contributed by atoms with Gasteiger partial charge in [0, 0.05) is 23.0 Å². The second-order valence-electron chi connectivity index (χ2n) is 19.4. The van der Waals surface area contributed by atoms with Gasteiger partial charge in [0.25, 0.3) is 6.33 Å².